The summed E-state index contributed by atoms with van der Waals surface area (Å²) in [5, 5.41) is 10.1. The lowest BCUT2D eigenvalue weighted by Crippen LogP contribution is -2.49. The van der Waals surface area contributed by atoms with E-state index in [1.807, 2.05) is 0 Å². The second-order valence-electron chi connectivity index (χ2n) is 13.5. The first-order valence-corrected chi connectivity index (χ1v) is 14.3. The van der Waals surface area contributed by atoms with Gasteiger partial charge in [0, 0.05) is 13.0 Å². The number of hydrogen-bond acceptors (Lipinski definition) is 3. The van der Waals surface area contributed by atoms with Crippen LogP contribution in [0.5, 0.6) is 0 Å². The largest absolute Gasteiger partial charge is 0.469 e. The Bertz CT molecular complexity index is 754. The molecular formula is C31H54O3. The predicted molar refractivity (Wildman–Crippen MR) is 141 cm³/mol. The molecule has 3 aliphatic carbocycles. The molecule has 3 aliphatic rings. The summed E-state index contributed by atoms with van der Waals surface area (Å²) in [5.41, 5.74) is 4.03. The number of carbonyl (C=O) groups excluding carboxylic acids is 1. The van der Waals surface area contributed by atoms with Gasteiger partial charge in [-0.3, -0.25) is 4.79 Å². The van der Waals surface area contributed by atoms with Crippen LogP contribution >= 0.6 is 0 Å². The maximum Gasteiger partial charge on any atom is 0.305 e. The minimum Gasteiger partial charge on any atom is -0.469 e. The number of allylic oxidation sites excluding steroid dienone is 2. The lowest BCUT2D eigenvalue weighted by atomic mass is 9.46. The van der Waals surface area contributed by atoms with Gasteiger partial charge in [0.25, 0.3) is 0 Å². The van der Waals surface area contributed by atoms with Crippen molar-refractivity contribution in [2.45, 2.75) is 119 Å². The van der Waals surface area contributed by atoms with Gasteiger partial charge in [-0.2, -0.15) is 0 Å². The van der Waals surface area contributed by atoms with Gasteiger partial charge in [-0.25, -0.2) is 0 Å². The zero-order chi connectivity index (χ0) is 25.3. The van der Waals surface area contributed by atoms with E-state index in [-0.39, 0.29) is 29.3 Å². The fourth-order valence-corrected chi connectivity index (χ4v) is 8.98. The van der Waals surface area contributed by atoms with E-state index in [0.717, 1.165) is 30.6 Å². The molecule has 196 valence electrons. The molecule has 34 heavy (non-hydrogen) atoms. The number of hydrogen-bond donors (Lipinski definition) is 1. The van der Waals surface area contributed by atoms with Gasteiger partial charge in [0.15, 0.2) is 0 Å². The highest BCUT2D eigenvalue weighted by molar-refractivity contribution is 5.69. The average molecular weight is 475 g/mol. The molecule has 3 nitrogen and oxygen atoms in total. The third kappa shape index (κ3) is 4.76. The molecule has 7 atom stereocenters. The Labute approximate surface area is 210 Å². The molecule has 0 aliphatic heterocycles. The predicted octanol–water partition coefficient (Wildman–Crippen LogP) is 7.96. The topological polar surface area (TPSA) is 46.5 Å². The number of ether oxygens (including phenoxy) is 1. The van der Waals surface area contributed by atoms with E-state index < -0.39 is 0 Å². The maximum absolute atomic E-state index is 12.2. The van der Waals surface area contributed by atoms with E-state index in [1.165, 1.54) is 58.5 Å². The van der Waals surface area contributed by atoms with Crippen molar-refractivity contribution in [2.24, 2.45) is 45.8 Å². The number of rotatable bonds is 10. The third-order valence-corrected chi connectivity index (χ3v) is 11.4. The molecule has 1 N–H and O–H groups in total. The lowest BCUT2D eigenvalue weighted by Gasteiger charge is -2.58. The van der Waals surface area contributed by atoms with E-state index in [4.69, 9.17) is 4.74 Å². The first-order valence-electron chi connectivity index (χ1n) is 14.3. The highest BCUT2D eigenvalue weighted by Gasteiger charge is 2.61. The van der Waals surface area contributed by atoms with Gasteiger partial charge in [0.2, 0.25) is 0 Å². The summed E-state index contributed by atoms with van der Waals surface area (Å²) in [5.74, 6) is 3.00. The zero-order valence-corrected chi connectivity index (χ0v) is 23.6. The number of aliphatic hydroxyl groups is 1. The van der Waals surface area contributed by atoms with Gasteiger partial charge in [-0.15, -0.1) is 0 Å². The Balaban J connectivity index is 1.93. The SMILES string of the molecule is COC(=O)CCC1(C)C2=C(CCC1C(C)CO)C1(C)CCC(C(C)CCCC(C)C)C1(C)CC2. The van der Waals surface area contributed by atoms with Gasteiger partial charge >= 0.3 is 5.97 Å². The van der Waals surface area contributed by atoms with E-state index >= 15 is 0 Å². The Morgan fingerprint density at radius 2 is 1.68 bits per heavy atom. The summed E-state index contributed by atoms with van der Waals surface area (Å²) >= 11 is 0. The van der Waals surface area contributed by atoms with Gasteiger partial charge in [0.05, 0.1) is 7.11 Å². The van der Waals surface area contributed by atoms with Crippen molar-refractivity contribution in [1.29, 1.82) is 0 Å². The van der Waals surface area contributed by atoms with Gasteiger partial charge in [-0.1, -0.05) is 78.9 Å². The van der Waals surface area contributed by atoms with Crippen LogP contribution in [0.4, 0.5) is 0 Å². The monoisotopic (exact) mass is 474 g/mol. The standard InChI is InChI=1S/C31H54O3/c1-21(2)10-9-11-22(3)25-14-18-31(7)27-13-12-24(23(4)20-32)29(5,17-16-28(33)34-8)26(27)15-19-30(25,31)6/h21-25,32H,9-20H2,1-8H3. The number of carbonyl (C=O) groups is 1. The molecule has 0 heterocycles. The summed E-state index contributed by atoms with van der Waals surface area (Å²) in [6.07, 6.45) is 12.8. The van der Waals surface area contributed by atoms with Gasteiger partial charge in [0.1, 0.15) is 0 Å². The van der Waals surface area contributed by atoms with E-state index in [2.05, 4.69) is 48.5 Å². The molecule has 3 heteroatoms. The van der Waals surface area contributed by atoms with Crippen LogP contribution in [-0.2, 0) is 9.53 Å². The molecule has 0 spiro atoms. The maximum atomic E-state index is 12.2. The minimum atomic E-state index is -0.104. The van der Waals surface area contributed by atoms with Gasteiger partial charge in [-0.05, 0) is 90.8 Å². The van der Waals surface area contributed by atoms with E-state index in [1.54, 1.807) is 11.1 Å². The first-order chi connectivity index (χ1) is 15.9. The molecule has 0 aromatic carbocycles. The van der Waals surface area contributed by atoms with Crippen molar-refractivity contribution in [3.63, 3.8) is 0 Å². The summed E-state index contributed by atoms with van der Waals surface area (Å²) in [6, 6.07) is 0. The summed E-state index contributed by atoms with van der Waals surface area (Å²) in [4.78, 5) is 12.2. The summed E-state index contributed by atoms with van der Waals surface area (Å²) in [7, 11) is 1.50. The van der Waals surface area contributed by atoms with Crippen molar-refractivity contribution in [2.75, 3.05) is 13.7 Å². The quantitative estimate of drug-likeness (QED) is 0.258. The lowest BCUT2D eigenvalue weighted by molar-refractivity contribution is -0.141. The number of fused-ring (bicyclic) bond motifs is 2. The molecule has 0 radical (unpaired) electrons. The number of aliphatic hydroxyl groups excluding tert-OH is 1. The average Bonchev–Trinajstić information content (AvgIpc) is 3.08. The molecule has 1 fully saturated rings. The third-order valence-electron chi connectivity index (χ3n) is 11.4. The molecule has 0 aromatic heterocycles. The fourth-order valence-electron chi connectivity index (χ4n) is 8.98. The highest BCUT2D eigenvalue weighted by atomic mass is 16.5. The Morgan fingerprint density at radius 1 is 0.971 bits per heavy atom. The highest BCUT2D eigenvalue weighted by Crippen LogP contribution is 2.71. The van der Waals surface area contributed by atoms with E-state index in [0.29, 0.717) is 17.8 Å². The van der Waals surface area contributed by atoms with Crippen molar-refractivity contribution in [3.8, 4) is 0 Å². The van der Waals surface area contributed by atoms with Gasteiger partial charge < -0.3 is 9.84 Å². The normalized spacial score (nSPS) is 37.4. The summed E-state index contributed by atoms with van der Waals surface area (Å²) in [6.45, 7) is 17.3. The van der Waals surface area contributed by atoms with Crippen LogP contribution in [0.2, 0.25) is 0 Å². The smallest absolute Gasteiger partial charge is 0.305 e. The molecular weight excluding hydrogens is 420 g/mol. The van der Waals surface area contributed by atoms with Crippen LogP contribution in [-0.4, -0.2) is 24.8 Å². The van der Waals surface area contributed by atoms with Crippen molar-refractivity contribution >= 4 is 5.97 Å². The molecule has 0 amide bonds. The molecule has 3 rings (SSSR count). The number of esters is 1. The van der Waals surface area contributed by atoms with Crippen molar-refractivity contribution in [3.05, 3.63) is 11.1 Å². The first kappa shape index (κ1) is 27.8. The molecule has 0 bridgehead atoms. The van der Waals surface area contributed by atoms with Crippen LogP contribution < -0.4 is 0 Å². The van der Waals surface area contributed by atoms with Crippen LogP contribution in [0.25, 0.3) is 0 Å². The van der Waals surface area contributed by atoms with E-state index in [9.17, 15) is 9.90 Å². The van der Waals surface area contributed by atoms with Crippen molar-refractivity contribution in [1.82, 2.24) is 0 Å². The van der Waals surface area contributed by atoms with Crippen LogP contribution in [0.15, 0.2) is 11.1 Å². The fraction of sp³-hybridized carbons (Fsp3) is 0.903. The molecule has 0 saturated heterocycles. The molecule has 0 aromatic rings. The second kappa shape index (κ2) is 10.7. The van der Waals surface area contributed by atoms with Crippen LogP contribution in [0.1, 0.15) is 119 Å². The Hall–Kier alpha value is -0.830. The molecule has 7 unspecified atom stereocenters. The number of methoxy groups -OCH3 is 1. The Kier molecular flexibility index (Phi) is 8.69. The summed E-state index contributed by atoms with van der Waals surface area (Å²) < 4.78 is 5.03. The Morgan fingerprint density at radius 3 is 2.29 bits per heavy atom. The zero-order valence-electron chi connectivity index (χ0n) is 23.6. The van der Waals surface area contributed by atoms with Crippen molar-refractivity contribution < 1.29 is 14.6 Å². The van der Waals surface area contributed by atoms with Crippen LogP contribution in [0, 0.1) is 45.8 Å². The minimum absolute atomic E-state index is 0.0186. The van der Waals surface area contributed by atoms with Crippen LogP contribution in [0.3, 0.4) is 0 Å². The molecule has 1 saturated carbocycles. The second-order valence-corrected chi connectivity index (χ2v) is 13.5.